The standard InChI is InChI=1S/C14H19N3Se/c1-10-5-7-11(8-6-10)9-15-12-3-2-4-13-14(12)17-18-16-13/h2-4,10-11,15H,5-9H2,1H3. The minimum atomic E-state index is 0.0698. The monoisotopic (exact) mass is 309 g/mol. The van der Waals surface area contributed by atoms with E-state index in [0.717, 1.165) is 29.4 Å². The number of hydrogen-bond acceptors (Lipinski definition) is 3. The number of hydrogen-bond donors (Lipinski definition) is 1. The van der Waals surface area contributed by atoms with E-state index in [1.807, 2.05) is 0 Å². The maximum atomic E-state index is 4.51. The summed E-state index contributed by atoms with van der Waals surface area (Å²) in [7, 11) is 0. The Morgan fingerprint density at radius 3 is 2.89 bits per heavy atom. The second-order valence-corrected chi connectivity index (χ2v) is 6.55. The van der Waals surface area contributed by atoms with Crippen molar-refractivity contribution in [3.63, 3.8) is 0 Å². The number of nitrogens with zero attached hydrogens (tertiary/aromatic N) is 2. The zero-order valence-electron chi connectivity index (χ0n) is 10.7. The van der Waals surface area contributed by atoms with Crippen LogP contribution in [0.15, 0.2) is 18.2 Å². The summed E-state index contributed by atoms with van der Waals surface area (Å²) in [5, 5.41) is 3.59. The minimum absolute atomic E-state index is 0.0698. The molecule has 0 spiro atoms. The van der Waals surface area contributed by atoms with Crippen molar-refractivity contribution in [2.75, 3.05) is 11.9 Å². The molecule has 0 saturated heterocycles. The molecule has 3 nitrogen and oxygen atoms in total. The zero-order valence-corrected chi connectivity index (χ0v) is 12.4. The second kappa shape index (κ2) is 5.41. The molecule has 1 saturated carbocycles. The predicted molar refractivity (Wildman–Crippen MR) is 76.1 cm³/mol. The fraction of sp³-hybridized carbons (Fsp3) is 0.571. The van der Waals surface area contributed by atoms with Gasteiger partial charge in [-0.05, 0) is 0 Å². The van der Waals surface area contributed by atoms with Gasteiger partial charge in [0.15, 0.2) is 0 Å². The van der Waals surface area contributed by atoms with Gasteiger partial charge in [0.05, 0.1) is 0 Å². The Labute approximate surface area is 114 Å². The van der Waals surface area contributed by atoms with Gasteiger partial charge in [0.25, 0.3) is 0 Å². The molecule has 1 aliphatic carbocycles. The van der Waals surface area contributed by atoms with Gasteiger partial charge in [-0.2, -0.15) is 0 Å². The summed E-state index contributed by atoms with van der Waals surface area (Å²) in [6, 6.07) is 6.26. The first-order valence-electron chi connectivity index (χ1n) is 6.78. The van der Waals surface area contributed by atoms with Crippen molar-refractivity contribution in [1.82, 2.24) is 7.96 Å². The summed E-state index contributed by atoms with van der Waals surface area (Å²) in [6.07, 6.45) is 5.52. The molecule has 1 aromatic heterocycles. The predicted octanol–water partition coefficient (Wildman–Crippen LogP) is 2.93. The van der Waals surface area contributed by atoms with Crippen LogP contribution in [-0.2, 0) is 0 Å². The molecule has 2 aromatic rings. The van der Waals surface area contributed by atoms with Gasteiger partial charge in [0, 0.05) is 0 Å². The van der Waals surface area contributed by atoms with E-state index in [-0.39, 0.29) is 15.0 Å². The van der Waals surface area contributed by atoms with E-state index in [1.165, 1.54) is 31.4 Å². The van der Waals surface area contributed by atoms with Crippen LogP contribution in [0.1, 0.15) is 32.6 Å². The van der Waals surface area contributed by atoms with Crippen LogP contribution in [0.5, 0.6) is 0 Å². The van der Waals surface area contributed by atoms with E-state index in [1.54, 1.807) is 0 Å². The van der Waals surface area contributed by atoms with Crippen LogP contribution in [0.3, 0.4) is 0 Å². The van der Waals surface area contributed by atoms with Gasteiger partial charge in [-0.1, -0.05) is 0 Å². The first-order valence-corrected chi connectivity index (χ1v) is 8.31. The Hall–Kier alpha value is -0.861. The molecule has 0 amide bonds. The second-order valence-electron chi connectivity index (χ2n) is 5.44. The quantitative estimate of drug-likeness (QED) is 0.886. The van der Waals surface area contributed by atoms with Crippen LogP contribution in [0.4, 0.5) is 5.69 Å². The average Bonchev–Trinajstić information content (AvgIpc) is 2.87. The normalized spacial score (nSPS) is 24.3. The molecular formula is C14H19N3Se. The first kappa shape index (κ1) is 12.2. The van der Waals surface area contributed by atoms with Crippen molar-refractivity contribution in [2.45, 2.75) is 32.6 Å². The SMILES string of the molecule is CC1CCC(CNc2cccc3n[se]nc23)CC1. The number of aromatic nitrogens is 2. The molecular weight excluding hydrogens is 289 g/mol. The molecule has 0 aliphatic heterocycles. The van der Waals surface area contributed by atoms with Crippen LogP contribution in [-0.4, -0.2) is 29.5 Å². The molecule has 1 N–H and O–H groups in total. The van der Waals surface area contributed by atoms with Crippen LogP contribution in [0.2, 0.25) is 0 Å². The summed E-state index contributed by atoms with van der Waals surface area (Å²) in [4.78, 5) is 0. The number of benzene rings is 1. The van der Waals surface area contributed by atoms with E-state index >= 15 is 0 Å². The number of nitrogens with one attached hydrogen (secondary N) is 1. The summed E-state index contributed by atoms with van der Waals surface area (Å²) < 4.78 is 8.93. The topological polar surface area (TPSA) is 37.8 Å². The third kappa shape index (κ3) is 2.60. The van der Waals surface area contributed by atoms with Gasteiger partial charge >= 0.3 is 114 Å². The fourth-order valence-electron chi connectivity index (χ4n) is 2.74. The van der Waals surface area contributed by atoms with Gasteiger partial charge in [-0.25, -0.2) is 0 Å². The summed E-state index contributed by atoms with van der Waals surface area (Å²) >= 11 is 0.0698. The van der Waals surface area contributed by atoms with Crippen molar-refractivity contribution in [1.29, 1.82) is 0 Å². The molecule has 1 aliphatic rings. The van der Waals surface area contributed by atoms with E-state index < -0.39 is 0 Å². The van der Waals surface area contributed by atoms with E-state index in [9.17, 15) is 0 Å². The summed E-state index contributed by atoms with van der Waals surface area (Å²) in [6.45, 7) is 3.46. The molecule has 1 heterocycles. The molecule has 1 fully saturated rings. The Morgan fingerprint density at radius 2 is 2.06 bits per heavy atom. The van der Waals surface area contributed by atoms with Crippen LogP contribution in [0, 0.1) is 11.8 Å². The first-order chi connectivity index (χ1) is 8.83. The van der Waals surface area contributed by atoms with Crippen LogP contribution >= 0.6 is 0 Å². The molecule has 96 valence electrons. The Morgan fingerprint density at radius 1 is 1.22 bits per heavy atom. The van der Waals surface area contributed by atoms with E-state index in [4.69, 9.17) is 0 Å². The Balaban J connectivity index is 1.64. The van der Waals surface area contributed by atoms with Crippen molar-refractivity contribution in [3.05, 3.63) is 18.2 Å². The molecule has 0 bridgehead atoms. The van der Waals surface area contributed by atoms with Gasteiger partial charge in [-0.15, -0.1) is 0 Å². The molecule has 1 aromatic carbocycles. The molecule has 0 radical (unpaired) electrons. The summed E-state index contributed by atoms with van der Waals surface area (Å²) in [5.74, 6) is 1.76. The summed E-state index contributed by atoms with van der Waals surface area (Å²) in [5.41, 5.74) is 3.33. The third-order valence-electron chi connectivity index (χ3n) is 4.00. The number of rotatable bonds is 3. The molecule has 3 rings (SSSR count). The van der Waals surface area contributed by atoms with Gasteiger partial charge < -0.3 is 0 Å². The molecule has 0 atom stereocenters. The Kier molecular flexibility index (Phi) is 3.67. The van der Waals surface area contributed by atoms with Crippen molar-refractivity contribution in [3.8, 4) is 0 Å². The van der Waals surface area contributed by atoms with Crippen molar-refractivity contribution >= 4 is 31.7 Å². The van der Waals surface area contributed by atoms with Gasteiger partial charge in [0.2, 0.25) is 0 Å². The van der Waals surface area contributed by atoms with Crippen molar-refractivity contribution in [2.24, 2.45) is 11.8 Å². The number of anilines is 1. The fourth-order valence-corrected chi connectivity index (χ4v) is 3.89. The number of fused-ring (bicyclic) bond motifs is 1. The van der Waals surface area contributed by atoms with E-state index in [2.05, 4.69) is 38.4 Å². The van der Waals surface area contributed by atoms with Gasteiger partial charge in [0.1, 0.15) is 0 Å². The van der Waals surface area contributed by atoms with Crippen LogP contribution in [0.25, 0.3) is 11.0 Å². The van der Waals surface area contributed by atoms with Gasteiger partial charge in [-0.3, -0.25) is 0 Å². The Bertz CT molecular complexity index is 514. The van der Waals surface area contributed by atoms with Crippen molar-refractivity contribution < 1.29 is 0 Å². The van der Waals surface area contributed by atoms with E-state index in [0.29, 0.717) is 0 Å². The van der Waals surface area contributed by atoms with Crippen LogP contribution < -0.4 is 5.32 Å². The molecule has 18 heavy (non-hydrogen) atoms. The average molecular weight is 308 g/mol. The molecule has 4 heteroatoms. The molecule has 0 unspecified atom stereocenters. The zero-order chi connectivity index (χ0) is 12.4. The third-order valence-corrected chi connectivity index (χ3v) is 5.14. The maximum absolute atomic E-state index is 4.51.